The van der Waals surface area contributed by atoms with Gasteiger partial charge in [-0.15, -0.1) is 0 Å². The van der Waals surface area contributed by atoms with Crippen molar-refractivity contribution in [3.05, 3.63) is 50.1 Å². The van der Waals surface area contributed by atoms with E-state index in [-0.39, 0.29) is 17.1 Å². The van der Waals surface area contributed by atoms with Crippen LogP contribution < -0.4 is 21.3 Å². The van der Waals surface area contributed by atoms with Crippen LogP contribution >= 0.6 is 11.6 Å². The van der Waals surface area contributed by atoms with Gasteiger partial charge in [0.05, 0.1) is 12.5 Å². The van der Waals surface area contributed by atoms with Crippen LogP contribution in [-0.4, -0.2) is 31.2 Å². The first-order valence-electron chi connectivity index (χ1n) is 8.71. The largest absolute Gasteiger partial charge is 0.548 e. The standard InChI is InChI=1S/C18H18ClN5O4/c1-10-7-22(12-5-3-11(19)4-6-12)17-20-15-14(23(17)8-10)16(27)24(9-13(25)26)18(28)21(15)2/h3-6,10H,7-9H2,1-2H3,(H,25,26)/p-1/t10-/m0/s1. The summed E-state index contributed by atoms with van der Waals surface area (Å²) < 4.78 is 3.60. The molecule has 0 N–H and O–H groups in total. The van der Waals surface area contributed by atoms with Crippen LogP contribution in [0.4, 0.5) is 11.6 Å². The molecule has 0 radical (unpaired) electrons. The molecule has 28 heavy (non-hydrogen) atoms. The van der Waals surface area contributed by atoms with Gasteiger partial charge < -0.3 is 19.4 Å². The van der Waals surface area contributed by atoms with Crippen molar-refractivity contribution < 1.29 is 9.90 Å². The maximum absolute atomic E-state index is 12.9. The number of carbonyl (C=O) groups excluding carboxylic acids is 1. The molecular formula is C18H17ClN5O4-. The molecule has 0 spiro atoms. The van der Waals surface area contributed by atoms with E-state index in [0.717, 1.165) is 5.69 Å². The molecule has 0 aliphatic carbocycles. The molecule has 1 aromatic carbocycles. The van der Waals surface area contributed by atoms with Gasteiger partial charge in [0, 0.05) is 30.8 Å². The third-order valence-electron chi connectivity index (χ3n) is 4.87. The number of aliphatic carboxylic acids is 1. The van der Waals surface area contributed by atoms with Gasteiger partial charge in [0.15, 0.2) is 11.2 Å². The smallest absolute Gasteiger partial charge is 0.332 e. The fourth-order valence-electron chi connectivity index (χ4n) is 3.61. The van der Waals surface area contributed by atoms with E-state index < -0.39 is 23.8 Å². The summed E-state index contributed by atoms with van der Waals surface area (Å²) in [6.45, 7) is 2.43. The molecule has 0 fully saturated rings. The number of hydrogen-bond donors (Lipinski definition) is 0. The number of benzene rings is 1. The number of imidazole rings is 1. The molecule has 146 valence electrons. The zero-order chi connectivity index (χ0) is 20.2. The molecule has 1 atom stereocenters. The average molecular weight is 403 g/mol. The van der Waals surface area contributed by atoms with Crippen molar-refractivity contribution in [2.24, 2.45) is 13.0 Å². The van der Waals surface area contributed by atoms with Gasteiger partial charge >= 0.3 is 5.69 Å². The molecule has 0 saturated heterocycles. The summed E-state index contributed by atoms with van der Waals surface area (Å²) in [6.07, 6.45) is 0. The van der Waals surface area contributed by atoms with E-state index in [4.69, 9.17) is 11.6 Å². The van der Waals surface area contributed by atoms with Gasteiger partial charge in [-0.25, -0.2) is 4.79 Å². The number of aromatic nitrogens is 4. The Morgan fingerprint density at radius 3 is 2.57 bits per heavy atom. The van der Waals surface area contributed by atoms with Gasteiger partial charge in [0.2, 0.25) is 5.95 Å². The van der Waals surface area contributed by atoms with Gasteiger partial charge in [-0.3, -0.25) is 13.9 Å². The minimum absolute atomic E-state index is 0.187. The fraction of sp³-hybridized carbons (Fsp3) is 0.333. The van der Waals surface area contributed by atoms with E-state index in [2.05, 4.69) is 4.98 Å². The van der Waals surface area contributed by atoms with Crippen LogP contribution in [0.2, 0.25) is 5.02 Å². The molecule has 0 saturated carbocycles. The maximum Gasteiger partial charge on any atom is 0.332 e. The highest BCUT2D eigenvalue weighted by atomic mass is 35.5. The Hall–Kier alpha value is -3.07. The lowest BCUT2D eigenvalue weighted by molar-refractivity contribution is -0.306. The number of hydrogen-bond acceptors (Lipinski definition) is 6. The third-order valence-corrected chi connectivity index (χ3v) is 5.12. The van der Waals surface area contributed by atoms with Crippen molar-refractivity contribution in [2.45, 2.75) is 20.0 Å². The highest BCUT2D eigenvalue weighted by Gasteiger charge is 2.29. The van der Waals surface area contributed by atoms with Crippen molar-refractivity contribution in [1.29, 1.82) is 0 Å². The minimum atomic E-state index is -1.51. The van der Waals surface area contributed by atoms with Crippen LogP contribution in [0.15, 0.2) is 33.9 Å². The molecule has 0 amide bonds. The SMILES string of the molecule is C[C@H]1CN(c2ccc(Cl)cc2)c2nc3c(c(=O)n(CC(=O)[O-])c(=O)n3C)n2C1. The zero-order valence-electron chi connectivity index (χ0n) is 15.3. The quantitative estimate of drug-likeness (QED) is 0.614. The lowest BCUT2D eigenvalue weighted by atomic mass is 10.1. The summed E-state index contributed by atoms with van der Waals surface area (Å²) in [6, 6.07) is 7.26. The molecule has 1 aliphatic rings. The Balaban J connectivity index is 2.00. The second-order valence-corrected chi connectivity index (χ2v) is 7.43. The first-order chi connectivity index (χ1) is 13.3. The van der Waals surface area contributed by atoms with Gasteiger partial charge in [0.1, 0.15) is 0 Å². The summed E-state index contributed by atoms with van der Waals surface area (Å²) >= 11 is 5.99. The first-order valence-corrected chi connectivity index (χ1v) is 9.08. The topological polar surface area (TPSA) is 105 Å². The Labute approximate surface area is 164 Å². The van der Waals surface area contributed by atoms with Crippen molar-refractivity contribution >= 4 is 40.4 Å². The average Bonchev–Trinajstić information content (AvgIpc) is 3.03. The number of nitrogens with zero attached hydrogens (tertiary/aromatic N) is 5. The predicted octanol–water partition coefficient (Wildman–Crippen LogP) is 0.0878. The minimum Gasteiger partial charge on any atom is -0.548 e. The molecule has 3 heterocycles. The number of anilines is 2. The van der Waals surface area contributed by atoms with Crippen molar-refractivity contribution in [3.8, 4) is 0 Å². The predicted molar refractivity (Wildman–Crippen MR) is 102 cm³/mol. The molecular weight excluding hydrogens is 386 g/mol. The molecule has 2 aromatic heterocycles. The molecule has 4 rings (SSSR count). The first kappa shape index (κ1) is 18.3. The lowest BCUT2D eigenvalue weighted by Gasteiger charge is -2.33. The molecule has 1 aliphatic heterocycles. The Morgan fingerprint density at radius 1 is 1.25 bits per heavy atom. The number of carboxylic acid groups (broad SMARTS) is 1. The Kier molecular flexibility index (Phi) is 4.26. The van der Waals surface area contributed by atoms with Gasteiger partial charge in [-0.05, 0) is 30.2 Å². The van der Waals surface area contributed by atoms with Gasteiger partial charge in [0.25, 0.3) is 5.56 Å². The molecule has 0 unspecified atom stereocenters. The molecule has 0 bridgehead atoms. The third kappa shape index (κ3) is 2.78. The molecule has 9 nitrogen and oxygen atoms in total. The number of carbonyl (C=O) groups is 1. The summed E-state index contributed by atoms with van der Waals surface area (Å²) in [4.78, 5) is 42.9. The maximum atomic E-state index is 12.9. The zero-order valence-corrected chi connectivity index (χ0v) is 16.0. The fourth-order valence-corrected chi connectivity index (χ4v) is 3.74. The van der Waals surface area contributed by atoms with E-state index in [1.54, 1.807) is 16.7 Å². The highest BCUT2D eigenvalue weighted by molar-refractivity contribution is 6.30. The summed E-state index contributed by atoms with van der Waals surface area (Å²) in [5.74, 6) is -0.798. The Bertz CT molecular complexity index is 1210. The second kappa shape index (κ2) is 6.52. The summed E-state index contributed by atoms with van der Waals surface area (Å²) in [7, 11) is 1.46. The summed E-state index contributed by atoms with van der Waals surface area (Å²) in [5.41, 5.74) is -0.168. The van der Waals surface area contributed by atoms with E-state index in [9.17, 15) is 19.5 Å². The van der Waals surface area contributed by atoms with Crippen LogP contribution in [0, 0.1) is 5.92 Å². The summed E-state index contributed by atoms with van der Waals surface area (Å²) in [5, 5.41) is 11.6. The van der Waals surface area contributed by atoms with Gasteiger partial charge in [-0.1, -0.05) is 18.5 Å². The molecule has 10 heteroatoms. The number of rotatable bonds is 3. The second-order valence-electron chi connectivity index (χ2n) is 6.99. The van der Waals surface area contributed by atoms with Gasteiger partial charge in [-0.2, -0.15) is 4.98 Å². The van der Waals surface area contributed by atoms with E-state index in [0.29, 0.717) is 28.6 Å². The van der Waals surface area contributed by atoms with E-state index >= 15 is 0 Å². The van der Waals surface area contributed by atoms with Crippen LogP contribution in [0.5, 0.6) is 0 Å². The number of carboxylic acids is 1. The normalized spacial score (nSPS) is 16.4. The van der Waals surface area contributed by atoms with E-state index in [1.165, 1.54) is 11.6 Å². The van der Waals surface area contributed by atoms with Crippen LogP contribution in [-0.2, 0) is 24.9 Å². The highest BCUT2D eigenvalue weighted by Crippen LogP contribution is 2.33. The van der Waals surface area contributed by atoms with Crippen LogP contribution in [0.1, 0.15) is 6.92 Å². The van der Waals surface area contributed by atoms with Crippen LogP contribution in [0.3, 0.4) is 0 Å². The van der Waals surface area contributed by atoms with E-state index in [1.807, 2.05) is 24.0 Å². The monoisotopic (exact) mass is 402 g/mol. The number of aryl methyl sites for hydroxylation is 1. The van der Waals surface area contributed by atoms with Crippen molar-refractivity contribution in [3.63, 3.8) is 0 Å². The molecule has 3 aromatic rings. The van der Waals surface area contributed by atoms with Crippen molar-refractivity contribution in [1.82, 2.24) is 18.7 Å². The number of halogens is 1. The Morgan fingerprint density at radius 2 is 1.93 bits per heavy atom. The van der Waals surface area contributed by atoms with Crippen LogP contribution in [0.25, 0.3) is 11.2 Å². The number of fused-ring (bicyclic) bond motifs is 3. The van der Waals surface area contributed by atoms with Crippen molar-refractivity contribution in [2.75, 3.05) is 11.4 Å². The lowest BCUT2D eigenvalue weighted by Crippen LogP contribution is -2.44.